The number of aromatic hydroxyl groups is 1. The molecule has 0 saturated carbocycles. The summed E-state index contributed by atoms with van der Waals surface area (Å²) in [5.41, 5.74) is 1.25. The lowest BCUT2D eigenvalue weighted by Crippen LogP contribution is -1.96. The number of imidazole rings is 1. The molecular weight excluding hydrogens is 309 g/mol. The van der Waals surface area contributed by atoms with Crippen molar-refractivity contribution in [3.05, 3.63) is 46.7 Å². The van der Waals surface area contributed by atoms with Gasteiger partial charge in [-0.15, -0.1) is 0 Å². The van der Waals surface area contributed by atoms with Gasteiger partial charge in [0.15, 0.2) is 5.78 Å². The molecule has 0 bridgehead atoms. The number of nitrogens with zero attached hydrogens (tertiary/aromatic N) is 1. The maximum Gasteiger partial charge on any atom is 0.205 e. The molecule has 3 N–H and O–H groups in total. The molecule has 0 saturated heterocycles. The zero-order valence-corrected chi connectivity index (χ0v) is 12.2. The number of rotatable bonds is 3. The number of carbonyl (C=O) groups is 1. The third-order valence-electron chi connectivity index (χ3n) is 3.18. The third-order valence-corrected chi connectivity index (χ3v) is 3.50. The first kappa shape index (κ1) is 14.3. The number of benzene rings is 2. The Labute approximate surface area is 129 Å². The van der Waals surface area contributed by atoms with Crippen LogP contribution in [0.4, 0.5) is 16.0 Å². The number of halogens is 2. The number of para-hydroxylation sites is 1. The minimum atomic E-state index is -0.514. The maximum absolute atomic E-state index is 13.8. The average molecular weight is 320 g/mol. The number of hydrogen-bond acceptors (Lipinski definition) is 4. The Morgan fingerprint density at radius 2 is 2.18 bits per heavy atom. The molecule has 1 heterocycles. The summed E-state index contributed by atoms with van der Waals surface area (Å²) in [7, 11) is 0. The van der Waals surface area contributed by atoms with Crippen molar-refractivity contribution in [2.45, 2.75) is 6.92 Å². The Hall–Kier alpha value is -2.60. The second kappa shape index (κ2) is 5.31. The molecule has 1 aromatic heterocycles. The average Bonchev–Trinajstić information content (AvgIpc) is 2.83. The summed E-state index contributed by atoms with van der Waals surface area (Å²) in [6, 6.07) is 7.19. The van der Waals surface area contributed by atoms with Crippen LogP contribution in [0, 0.1) is 5.82 Å². The highest BCUT2D eigenvalue weighted by Gasteiger charge is 2.13. The van der Waals surface area contributed by atoms with Crippen LogP contribution in [0.2, 0.25) is 5.02 Å². The number of Topliss-reactive ketones (excluding diaryl/α,β-unsaturated/α-hetero) is 1. The van der Waals surface area contributed by atoms with Crippen molar-refractivity contribution in [2.24, 2.45) is 0 Å². The summed E-state index contributed by atoms with van der Waals surface area (Å²) in [5, 5.41) is 12.8. The van der Waals surface area contributed by atoms with Crippen LogP contribution < -0.4 is 5.32 Å². The normalized spacial score (nSPS) is 10.9. The van der Waals surface area contributed by atoms with E-state index in [-0.39, 0.29) is 33.8 Å². The first-order valence-electron chi connectivity index (χ1n) is 6.40. The number of fused-ring (bicyclic) bond motifs is 1. The lowest BCUT2D eigenvalue weighted by molar-refractivity contribution is 0.101. The molecule has 0 atom stereocenters. The summed E-state index contributed by atoms with van der Waals surface area (Å²) in [6.07, 6.45) is 0. The summed E-state index contributed by atoms with van der Waals surface area (Å²) in [6.45, 7) is 1.35. The van der Waals surface area contributed by atoms with Crippen molar-refractivity contribution in [3.8, 4) is 5.75 Å². The number of nitrogens with one attached hydrogen (secondary N) is 2. The van der Waals surface area contributed by atoms with E-state index in [4.69, 9.17) is 11.6 Å². The van der Waals surface area contributed by atoms with Crippen LogP contribution in [0.25, 0.3) is 11.0 Å². The van der Waals surface area contributed by atoms with Gasteiger partial charge in [0.1, 0.15) is 11.6 Å². The van der Waals surface area contributed by atoms with Gasteiger partial charge in [0, 0.05) is 6.07 Å². The molecule has 22 heavy (non-hydrogen) atoms. The maximum atomic E-state index is 13.8. The molecule has 112 valence electrons. The van der Waals surface area contributed by atoms with E-state index in [1.54, 1.807) is 6.07 Å². The van der Waals surface area contributed by atoms with E-state index >= 15 is 0 Å². The molecule has 3 rings (SSSR count). The van der Waals surface area contributed by atoms with Gasteiger partial charge in [-0.2, -0.15) is 0 Å². The van der Waals surface area contributed by atoms with Crippen LogP contribution in [0.3, 0.4) is 0 Å². The second-order valence-corrected chi connectivity index (χ2v) is 5.16. The van der Waals surface area contributed by atoms with Crippen LogP contribution in [0.5, 0.6) is 5.75 Å². The van der Waals surface area contributed by atoms with Gasteiger partial charge in [-0.1, -0.05) is 17.7 Å². The highest BCUT2D eigenvalue weighted by molar-refractivity contribution is 6.33. The Bertz CT molecular complexity index is 872. The van der Waals surface area contributed by atoms with E-state index < -0.39 is 5.82 Å². The van der Waals surface area contributed by atoms with Gasteiger partial charge in [-0.25, -0.2) is 9.37 Å². The predicted molar refractivity (Wildman–Crippen MR) is 82.5 cm³/mol. The number of phenols is 1. The minimum Gasteiger partial charge on any atom is -0.507 e. The van der Waals surface area contributed by atoms with Gasteiger partial charge in [-0.05, 0) is 25.1 Å². The fraction of sp³-hybridized carbons (Fsp3) is 0.0667. The zero-order chi connectivity index (χ0) is 15.9. The smallest absolute Gasteiger partial charge is 0.205 e. The van der Waals surface area contributed by atoms with Crippen LogP contribution in [0.1, 0.15) is 17.3 Å². The molecule has 0 radical (unpaired) electrons. The van der Waals surface area contributed by atoms with E-state index in [1.165, 1.54) is 31.2 Å². The number of aromatic amines is 1. The Balaban J connectivity index is 2.04. The SMILES string of the molecule is CC(=O)c1cc2nc(Nc3c(F)cccc3Cl)[nH]c2cc1O. The van der Waals surface area contributed by atoms with Crippen molar-refractivity contribution in [1.82, 2.24) is 9.97 Å². The van der Waals surface area contributed by atoms with Crippen molar-refractivity contribution >= 4 is 40.1 Å². The minimum absolute atomic E-state index is 0.0965. The molecule has 0 fully saturated rings. The van der Waals surface area contributed by atoms with E-state index in [0.29, 0.717) is 11.0 Å². The third kappa shape index (κ3) is 2.48. The summed E-state index contributed by atoms with van der Waals surface area (Å²) >= 11 is 5.94. The second-order valence-electron chi connectivity index (χ2n) is 4.75. The monoisotopic (exact) mass is 319 g/mol. The van der Waals surface area contributed by atoms with Crippen LogP contribution in [-0.4, -0.2) is 20.9 Å². The van der Waals surface area contributed by atoms with Gasteiger partial charge in [0.05, 0.1) is 27.3 Å². The number of carbonyl (C=O) groups excluding carboxylic acids is 1. The van der Waals surface area contributed by atoms with Gasteiger partial charge in [0.2, 0.25) is 5.95 Å². The highest BCUT2D eigenvalue weighted by atomic mass is 35.5. The van der Waals surface area contributed by atoms with Crippen LogP contribution >= 0.6 is 11.6 Å². The van der Waals surface area contributed by atoms with Gasteiger partial charge < -0.3 is 15.4 Å². The Kier molecular flexibility index (Phi) is 3.46. The molecule has 5 nitrogen and oxygen atoms in total. The molecule has 0 spiro atoms. The van der Waals surface area contributed by atoms with Crippen molar-refractivity contribution < 1.29 is 14.3 Å². The highest BCUT2D eigenvalue weighted by Crippen LogP contribution is 2.29. The van der Waals surface area contributed by atoms with Crippen molar-refractivity contribution in [1.29, 1.82) is 0 Å². The Morgan fingerprint density at radius 1 is 1.41 bits per heavy atom. The van der Waals surface area contributed by atoms with E-state index in [1.807, 2.05) is 0 Å². The topological polar surface area (TPSA) is 78.0 Å². The van der Waals surface area contributed by atoms with E-state index in [0.717, 1.165) is 0 Å². The molecule has 0 aliphatic carbocycles. The molecule has 0 aliphatic rings. The molecule has 0 aliphatic heterocycles. The number of phenolic OH excluding ortho intramolecular Hbond substituents is 1. The largest absolute Gasteiger partial charge is 0.507 e. The number of H-pyrrole nitrogens is 1. The fourth-order valence-electron chi connectivity index (χ4n) is 2.12. The number of aromatic nitrogens is 2. The van der Waals surface area contributed by atoms with Gasteiger partial charge >= 0.3 is 0 Å². The van der Waals surface area contributed by atoms with E-state index in [2.05, 4.69) is 15.3 Å². The summed E-state index contributed by atoms with van der Waals surface area (Å²) in [5.74, 6) is -0.671. The van der Waals surface area contributed by atoms with E-state index in [9.17, 15) is 14.3 Å². The number of ketones is 1. The van der Waals surface area contributed by atoms with Crippen LogP contribution in [-0.2, 0) is 0 Å². The van der Waals surface area contributed by atoms with Crippen molar-refractivity contribution in [2.75, 3.05) is 5.32 Å². The summed E-state index contributed by atoms with van der Waals surface area (Å²) < 4.78 is 13.8. The lowest BCUT2D eigenvalue weighted by Gasteiger charge is -2.05. The first-order chi connectivity index (χ1) is 10.5. The van der Waals surface area contributed by atoms with Crippen molar-refractivity contribution in [3.63, 3.8) is 0 Å². The van der Waals surface area contributed by atoms with Crippen LogP contribution in [0.15, 0.2) is 30.3 Å². The predicted octanol–water partition coefficient (Wildman–Crippen LogP) is 4.01. The van der Waals surface area contributed by atoms with Gasteiger partial charge in [-0.3, -0.25) is 4.79 Å². The Morgan fingerprint density at radius 3 is 2.86 bits per heavy atom. The fourth-order valence-corrected chi connectivity index (χ4v) is 2.33. The number of anilines is 2. The van der Waals surface area contributed by atoms with Gasteiger partial charge in [0.25, 0.3) is 0 Å². The zero-order valence-electron chi connectivity index (χ0n) is 11.4. The molecule has 7 heteroatoms. The first-order valence-corrected chi connectivity index (χ1v) is 6.78. The molecule has 3 aromatic rings. The molecule has 2 aromatic carbocycles. The molecule has 0 unspecified atom stereocenters. The summed E-state index contributed by atoms with van der Waals surface area (Å²) in [4.78, 5) is 18.5. The molecule has 0 amide bonds. The quantitative estimate of drug-likeness (QED) is 0.637. The molecular formula is C15H11ClFN3O2. The standard InChI is InChI=1S/C15H11ClFN3O2/c1-7(21)8-5-11-12(6-13(8)22)19-15(18-11)20-14-9(16)3-2-4-10(14)17/h2-6,22H,1H3,(H2,18,19,20). The lowest BCUT2D eigenvalue weighted by atomic mass is 10.1. The number of hydrogen-bond donors (Lipinski definition) is 3.